The van der Waals surface area contributed by atoms with Gasteiger partial charge in [0.05, 0.1) is 13.7 Å². The highest BCUT2D eigenvalue weighted by molar-refractivity contribution is 5.51. The molecule has 0 atom stereocenters. The molecular formula is C14H13N5O. The van der Waals surface area contributed by atoms with Gasteiger partial charge in [-0.05, 0) is 35.0 Å². The van der Waals surface area contributed by atoms with E-state index in [1.54, 1.807) is 24.3 Å². The molecule has 6 heteroatoms. The van der Waals surface area contributed by atoms with Gasteiger partial charge in [-0.25, -0.2) is 0 Å². The summed E-state index contributed by atoms with van der Waals surface area (Å²) in [5.41, 5.74) is 1.91. The van der Waals surface area contributed by atoms with Crippen molar-refractivity contribution >= 4 is 0 Å². The highest BCUT2D eigenvalue weighted by atomic mass is 16.5. The van der Waals surface area contributed by atoms with Crippen LogP contribution >= 0.6 is 0 Å². The Kier molecular flexibility index (Phi) is 3.36. The molecule has 2 heterocycles. The molecule has 0 saturated carbocycles. The number of aromatic nitrogens is 5. The first-order valence-electron chi connectivity index (χ1n) is 6.16. The number of nitrogens with zero attached hydrogens (tertiary/aromatic N) is 5. The molecule has 100 valence electrons. The zero-order chi connectivity index (χ0) is 13.8. The minimum Gasteiger partial charge on any atom is -0.497 e. The van der Waals surface area contributed by atoms with Crippen molar-refractivity contribution in [3.63, 3.8) is 0 Å². The molecule has 2 aromatic heterocycles. The Hall–Kier alpha value is -2.76. The molecule has 0 spiro atoms. The van der Waals surface area contributed by atoms with Gasteiger partial charge in [-0.2, -0.15) is 4.80 Å². The van der Waals surface area contributed by atoms with Gasteiger partial charge in [0, 0.05) is 18.0 Å². The summed E-state index contributed by atoms with van der Waals surface area (Å²) < 4.78 is 5.19. The lowest BCUT2D eigenvalue weighted by molar-refractivity contribution is 0.413. The Labute approximate surface area is 116 Å². The lowest BCUT2D eigenvalue weighted by Gasteiger charge is -2.03. The molecule has 0 aliphatic heterocycles. The zero-order valence-corrected chi connectivity index (χ0v) is 11.0. The molecule has 0 bridgehead atoms. The van der Waals surface area contributed by atoms with E-state index in [-0.39, 0.29) is 0 Å². The van der Waals surface area contributed by atoms with Gasteiger partial charge in [0.15, 0.2) is 0 Å². The largest absolute Gasteiger partial charge is 0.497 e. The second kappa shape index (κ2) is 5.48. The summed E-state index contributed by atoms with van der Waals surface area (Å²) in [6.45, 7) is 0.546. The molecule has 0 saturated heterocycles. The van der Waals surface area contributed by atoms with Crippen molar-refractivity contribution in [3.05, 3.63) is 54.4 Å². The first-order valence-corrected chi connectivity index (χ1v) is 6.16. The van der Waals surface area contributed by atoms with Crippen molar-refractivity contribution in [2.75, 3.05) is 7.11 Å². The third-order valence-electron chi connectivity index (χ3n) is 2.83. The van der Waals surface area contributed by atoms with E-state index in [1.165, 1.54) is 0 Å². The first-order chi connectivity index (χ1) is 9.85. The lowest BCUT2D eigenvalue weighted by Crippen LogP contribution is -2.04. The van der Waals surface area contributed by atoms with Crippen LogP contribution in [-0.2, 0) is 6.54 Å². The molecule has 0 aliphatic carbocycles. The topological polar surface area (TPSA) is 65.7 Å². The van der Waals surface area contributed by atoms with Crippen LogP contribution in [0, 0.1) is 0 Å². The predicted octanol–water partition coefficient (Wildman–Crippen LogP) is 1.79. The van der Waals surface area contributed by atoms with Gasteiger partial charge in [0.1, 0.15) is 5.75 Å². The van der Waals surface area contributed by atoms with Gasteiger partial charge in [0.25, 0.3) is 0 Å². The molecule has 0 fully saturated rings. The van der Waals surface area contributed by atoms with Crippen LogP contribution in [0.25, 0.3) is 11.4 Å². The summed E-state index contributed by atoms with van der Waals surface area (Å²) in [4.78, 5) is 5.60. The van der Waals surface area contributed by atoms with E-state index in [2.05, 4.69) is 20.4 Å². The fraction of sp³-hybridized carbons (Fsp3) is 0.143. The van der Waals surface area contributed by atoms with Crippen molar-refractivity contribution < 1.29 is 4.74 Å². The van der Waals surface area contributed by atoms with Crippen LogP contribution in [0.5, 0.6) is 5.75 Å². The minimum atomic E-state index is 0.546. The van der Waals surface area contributed by atoms with Crippen molar-refractivity contribution in [3.8, 4) is 17.1 Å². The van der Waals surface area contributed by atoms with E-state index in [0.717, 1.165) is 16.9 Å². The van der Waals surface area contributed by atoms with Gasteiger partial charge in [0.2, 0.25) is 5.82 Å². The summed E-state index contributed by atoms with van der Waals surface area (Å²) in [6, 6.07) is 11.5. The number of hydrogen-bond acceptors (Lipinski definition) is 5. The fourth-order valence-electron chi connectivity index (χ4n) is 1.85. The van der Waals surface area contributed by atoms with E-state index in [9.17, 15) is 0 Å². The van der Waals surface area contributed by atoms with Crippen LogP contribution in [0.3, 0.4) is 0 Å². The van der Waals surface area contributed by atoms with E-state index < -0.39 is 0 Å². The number of rotatable bonds is 4. The summed E-state index contributed by atoms with van der Waals surface area (Å²) in [5, 5.41) is 12.4. The first kappa shape index (κ1) is 12.3. The molecule has 20 heavy (non-hydrogen) atoms. The maximum atomic E-state index is 5.19. The van der Waals surface area contributed by atoms with Crippen LogP contribution in [0.2, 0.25) is 0 Å². The quantitative estimate of drug-likeness (QED) is 0.721. The van der Waals surface area contributed by atoms with Crippen molar-refractivity contribution in [1.29, 1.82) is 0 Å². The van der Waals surface area contributed by atoms with Crippen LogP contribution in [0.1, 0.15) is 5.56 Å². The Morgan fingerprint density at radius 1 is 1.20 bits per heavy atom. The van der Waals surface area contributed by atoms with Gasteiger partial charge in [-0.1, -0.05) is 12.1 Å². The molecule has 6 nitrogen and oxygen atoms in total. The minimum absolute atomic E-state index is 0.546. The lowest BCUT2D eigenvalue weighted by atomic mass is 10.2. The SMILES string of the molecule is COc1cccc(Cn2nnc(-c3cccnc3)n2)c1. The fourth-order valence-corrected chi connectivity index (χ4v) is 1.85. The van der Waals surface area contributed by atoms with E-state index in [0.29, 0.717) is 12.4 Å². The summed E-state index contributed by atoms with van der Waals surface area (Å²) in [7, 11) is 1.65. The molecule has 0 amide bonds. The number of tetrazole rings is 1. The Balaban J connectivity index is 1.80. The second-order valence-corrected chi connectivity index (χ2v) is 4.24. The predicted molar refractivity (Wildman–Crippen MR) is 73.1 cm³/mol. The molecule has 3 rings (SSSR count). The third kappa shape index (κ3) is 2.64. The van der Waals surface area contributed by atoms with Crippen LogP contribution in [-0.4, -0.2) is 32.3 Å². The van der Waals surface area contributed by atoms with Crippen LogP contribution in [0.15, 0.2) is 48.8 Å². The van der Waals surface area contributed by atoms with Gasteiger partial charge >= 0.3 is 0 Å². The van der Waals surface area contributed by atoms with E-state index in [4.69, 9.17) is 4.74 Å². The Morgan fingerprint density at radius 2 is 2.15 bits per heavy atom. The molecule has 3 aromatic rings. The molecular weight excluding hydrogens is 254 g/mol. The average Bonchev–Trinajstić information content (AvgIpc) is 2.97. The van der Waals surface area contributed by atoms with E-state index >= 15 is 0 Å². The van der Waals surface area contributed by atoms with Crippen molar-refractivity contribution in [1.82, 2.24) is 25.2 Å². The smallest absolute Gasteiger partial charge is 0.206 e. The van der Waals surface area contributed by atoms with E-state index in [1.807, 2.05) is 36.4 Å². The summed E-state index contributed by atoms with van der Waals surface area (Å²) in [6.07, 6.45) is 3.43. The highest BCUT2D eigenvalue weighted by Crippen LogP contribution is 2.14. The summed E-state index contributed by atoms with van der Waals surface area (Å²) in [5.74, 6) is 1.39. The molecule has 0 aliphatic rings. The highest BCUT2D eigenvalue weighted by Gasteiger charge is 2.06. The number of pyridine rings is 1. The Morgan fingerprint density at radius 3 is 2.95 bits per heavy atom. The number of benzene rings is 1. The maximum absolute atomic E-state index is 5.19. The Bertz CT molecular complexity index is 696. The maximum Gasteiger partial charge on any atom is 0.206 e. The monoisotopic (exact) mass is 267 g/mol. The number of hydrogen-bond donors (Lipinski definition) is 0. The third-order valence-corrected chi connectivity index (χ3v) is 2.83. The molecule has 0 radical (unpaired) electrons. The number of methoxy groups -OCH3 is 1. The second-order valence-electron chi connectivity index (χ2n) is 4.24. The number of ether oxygens (including phenoxy) is 1. The van der Waals surface area contributed by atoms with Gasteiger partial charge < -0.3 is 4.74 Å². The standard InChI is InChI=1S/C14H13N5O/c1-20-13-6-2-4-11(8-13)10-19-17-14(16-18-19)12-5-3-7-15-9-12/h2-9H,10H2,1H3. The zero-order valence-electron chi connectivity index (χ0n) is 11.0. The van der Waals surface area contributed by atoms with Gasteiger partial charge in [-0.15, -0.1) is 10.2 Å². The van der Waals surface area contributed by atoms with Crippen molar-refractivity contribution in [2.24, 2.45) is 0 Å². The molecule has 0 N–H and O–H groups in total. The molecule has 0 unspecified atom stereocenters. The summed E-state index contributed by atoms with van der Waals surface area (Å²) >= 11 is 0. The van der Waals surface area contributed by atoms with Crippen LogP contribution < -0.4 is 4.74 Å². The van der Waals surface area contributed by atoms with Crippen LogP contribution in [0.4, 0.5) is 0 Å². The average molecular weight is 267 g/mol. The van der Waals surface area contributed by atoms with Gasteiger partial charge in [-0.3, -0.25) is 4.98 Å². The molecule has 1 aromatic carbocycles. The van der Waals surface area contributed by atoms with Crippen molar-refractivity contribution in [2.45, 2.75) is 6.54 Å². The normalized spacial score (nSPS) is 10.4.